The van der Waals surface area contributed by atoms with Gasteiger partial charge in [-0.1, -0.05) is 5.16 Å². The number of carbonyl (C=O) groups excluding carboxylic acids is 1. The van der Waals surface area contributed by atoms with E-state index in [1.807, 2.05) is 13.8 Å². The minimum absolute atomic E-state index is 0.0137. The summed E-state index contributed by atoms with van der Waals surface area (Å²) in [7, 11) is 0. The zero-order chi connectivity index (χ0) is 18.1. The van der Waals surface area contributed by atoms with Crippen LogP contribution < -0.4 is 5.32 Å². The van der Waals surface area contributed by atoms with Crippen molar-refractivity contribution in [1.82, 2.24) is 20.4 Å². The van der Waals surface area contributed by atoms with Gasteiger partial charge in [0.15, 0.2) is 11.8 Å². The van der Waals surface area contributed by atoms with Crippen LogP contribution >= 0.6 is 0 Å². The van der Waals surface area contributed by atoms with E-state index >= 15 is 0 Å². The number of nitrogens with zero attached hydrogens (tertiary/aromatic N) is 4. The Balaban J connectivity index is 1.80. The number of likely N-dealkylation sites (tertiary alicyclic amines) is 1. The SMILES string of the molecule is CCNC(=NCCCc1nc(C)no1)N1CCC(C(=O)OCC)CC1. The lowest BCUT2D eigenvalue weighted by Gasteiger charge is -2.33. The number of carbonyl (C=O) groups is 1. The van der Waals surface area contributed by atoms with Gasteiger partial charge in [-0.3, -0.25) is 9.79 Å². The van der Waals surface area contributed by atoms with E-state index in [9.17, 15) is 4.79 Å². The fraction of sp³-hybridized carbons (Fsp3) is 0.765. The van der Waals surface area contributed by atoms with Gasteiger partial charge in [0.1, 0.15) is 0 Å². The van der Waals surface area contributed by atoms with Gasteiger partial charge in [-0.25, -0.2) is 0 Å². The van der Waals surface area contributed by atoms with Crippen molar-refractivity contribution in [3.63, 3.8) is 0 Å². The molecule has 0 saturated carbocycles. The fourth-order valence-electron chi connectivity index (χ4n) is 2.87. The smallest absolute Gasteiger partial charge is 0.309 e. The number of piperidine rings is 1. The quantitative estimate of drug-likeness (QED) is 0.345. The number of hydrogen-bond acceptors (Lipinski definition) is 6. The van der Waals surface area contributed by atoms with Crippen LogP contribution in [0.3, 0.4) is 0 Å². The van der Waals surface area contributed by atoms with E-state index in [1.165, 1.54) is 0 Å². The highest BCUT2D eigenvalue weighted by Gasteiger charge is 2.27. The van der Waals surface area contributed by atoms with Crippen LogP contribution in [0, 0.1) is 12.8 Å². The van der Waals surface area contributed by atoms with Crippen molar-refractivity contribution in [1.29, 1.82) is 0 Å². The minimum Gasteiger partial charge on any atom is -0.466 e. The Bertz CT molecular complexity index is 564. The normalized spacial score (nSPS) is 16.1. The Hall–Kier alpha value is -2.12. The number of hydrogen-bond donors (Lipinski definition) is 1. The average Bonchev–Trinajstić information content (AvgIpc) is 3.03. The molecule has 1 fully saturated rings. The average molecular weight is 351 g/mol. The van der Waals surface area contributed by atoms with E-state index in [-0.39, 0.29) is 11.9 Å². The summed E-state index contributed by atoms with van der Waals surface area (Å²) in [6.07, 6.45) is 3.21. The van der Waals surface area contributed by atoms with Crippen molar-refractivity contribution in [3.05, 3.63) is 11.7 Å². The first-order valence-corrected chi connectivity index (χ1v) is 9.13. The number of aryl methyl sites for hydroxylation is 2. The third-order valence-corrected chi connectivity index (χ3v) is 4.13. The van der Waals surface area contributed by atoms with Gasteiger partial charge in [0, 0.05) is 32.6 Å². The van der Waals surface area contributed by atoms with Gasteiger partial charge in [-0.2, -0.15) is 4.98 Å². The Kier molecular flexibility index (Phi) is 7.69. The topological polar surface area (TPSA) is 92.9 Å². The summed E-state index contributed by atoms with van der Waals surface area (Å²) in [5, 5.41) is 7.12. The lowest BCUT2D eigenvalue weighted by Crippen LogP contribution is -2.46. The van der Waals surface area contributed by atoms with Crippen LogP contribution in [0.1, 0.15) is 44.8 Å². The van der Waals surface area contributed by atoms with E-state index in [0.717, 1.165) is 51.3 Å². The van der Waals surface area contributed by atoms with Gasteiger partial charge < -0.3 is 19.5 Å². The molecule has 0 aliphatic carbocycles. The molecule has 25 heavy (non-hydrogen) atoms. The van der Waals surface area contributed by atoms with E-state index in [2.05, 4.69) is 27.3 Å². The highest BCUT2D eigenvalue weighted by molar-refractivity contribution is 5.80. The van der Waals surface area contributed by atoms with Crippen LogP contribution in [-0.2, 0) is 16.0 Å². The summed E-state index contributed by atoms with van der Waals surface area (Å²) >= 11 is 0. The summed E-state index contributed by atoms with van der Waals surface area (Å²) in [5.74, 6) is 2.18. The molecule has 0 amide bonds. The number of guanidine groups is 1. The highest BCUT2D eigenvalue weighted by atomic mass is 16.5. The van der Waals surface area contributed by atoms with Crippen molar-refractivity contribution in [2.75, 3.05) is 32.8 Å². The lowest BCUT2D eigenvalue weighted by molar-refractivity contribution is -0.149. The Morgan fingerprint density at radius 1 is 1.40 bits per heavy atom. The molecule has 0 spiro atoms. The van der Waals surface area contributed by atoms with Crippen molar-refractivity contribution in [2.24, 2.45) is 10.9 Å². The molecule has 0 aromatic carbocycles. The zero-order valence-corrected chi connectivity index (χ0v) is 15.5. The van der Waals surface area contributed by atoms with Gasteiger partial charge in [-0.15, -0.1) is 0 Å². The van der Waals surface area contributed by atoms with Gasteiger partial charge >= 0.3 is 5.97 Å². The fourth-order valence-corrected chi connectivity index (χ4v) is 2.87. The molecule has 1 aliphatic rings. The molecule has 1 aliphatic heterocycles. The van der Waals surface area contributed by atoms with Gasteiger partial charge in [0.25, 0.3) is 0 Å². The van der Waals surface area contributed by atoms with Crippen LogP contribution in [0.15, 0.2) is 9.52 Å². The van der Waals surface area contributed by atoms with Crippen LogP contribution in [-0.4, -0.2) is 59.8 Å². The van der Waals surface area contributed by atoms with Crippen LogP contribution in [0.25, 0.3) is 0 Å². The van der Waals surface area contributed by atoms with Gasteiger partial charge in [0.2, 0.25) is 5.89 Å². The highest BCUT2D eigenvalue weighted by Crippen LogP contribution is 2.18. The molecule has 1 N–H and O–H groups in total. The summed E-state index contributed by atoms with van der Waals surface area (Å²) in [5.41, 5.74) is 0. The molecule has 2 heterocycles. The minimum atomic E-state index is -0.0704. The van der Waals surface area contributed by atoms with Crippen molar-refractivity contribution in [2.45, 2.75) is 46.5 Å². The maximum absolute atomic E-state index is 11.8. The second-order valence-electron chi connectivity index (χ2n) is 6.09. The Morgan fingerprint density at radius 3 is 2.76 bits per heavy atom. The predicted octanol–water partition coefficient (Wildman–Crippen LogP) is 1.55. The summed E-state index contributed by atoms with van der Waals surface area (Å²) in [6.45, 7) is 9.31. The number of rotatable bonds is 7. The molecule has 8 nitrogen and oxygen atoms in total. The number of nitrogens with one attached hydrogen (secondary N) is 1. The van der Waals surface area contributed by atoms with Crippen LogP contribution in [0.5, 0.6) is 0 Å². The molecule has 1 aromatic heterocycles. The first-order valence-electron chi connectivity index (χ1n) is 9.13. The summed E-state index contributed by atoms with van der Waals surface area (Å²) in [4.78, 5) is 22.9. The maximum Gasteiger partial charge on any atom is 0.309 e. The molecule has 0 unspecified atom stereocenters. The van der Waals surface area contributed by atoms with Gasteiger partial charge in [0.05, 0.1) is 12.5 Å². The molecule has 0 atom stereocenters. The van der Waals surface area contributed by atoms with Crippen molar-refractivity contribution >= 4 is 11.9 Å². The monoisotopic (exact) mass is 351 g/mol. The molecule has 1 saturated heterocycles. The van der Waals surface area contributed by atoms with Crippen LogP contribution in [0.4, 0.5) is 0 Å². The van der Waals surface area contributed by atoms with Crippen LogP contribution in [0.2, 0.25) is 0 Å². The molecule has 140 valence electrons. The summed E-state index contributed by atoms with van der Waals surface area (Å²) < 4.78 is 10.2. The van der Waals surface area contributed by atoms with E-state index < -0.39 is 0 Å². The zero-order valence-electron chi connectivity index (χ0n) is 15.5. The third kappa shape index (κ3) is 6.03. The summed E-state index contributed by atoms with van der Waals surface area (Å²) in [6, 6.07) is 0. The maximum atomic E-state index is 11.8. The first-order chi connectivity index (χ1) is 12.1. The molecular weight excluding hydrogens is 322 g/mol. The van der Waals surface area contributed by atoms with Crippen molar-refractivity contribution < 1.29 is 14.1 Å². The molecule has 1 aromatic rings. The molecule has 0 bridgehead atoms. The second kappa shape index (κ2) is 10.0. The largest absolute Gasteiger partial charge is 0.466 e. The van der Waals surface area contributed by atoms with Crippen molar-refractivity contribution in [3.8, 4) is 0 Å². The Labute approximate surface area is 149 Å². The Morgan fingerprint density at radius 2 is 2.16 bits per heavy atom. The predicted molar refractivity (Wildman–Crippen MR) is 94.3 cm³/mol. The number of esters is 1. The molecular formula is C17H29N5O3. The standard InChI is InChI=1S/C17H29N5O3/c1-4-18-17(19-10-6-7-15-20-13(3)21-25-15)22-11-8-14(9-12-22)16(23)24-5-2/h14H,4-12H2,1-3H3,(H,18,19). The number of ether oxygens (including phenoxy) is 1. The first kappa shape index (κ1) is 19.2. The third-order valence-electron chi connectivity index (χ3n) is 4.13. The van der Waals surface area contributed by atoms with E-state index in [0.29, 0.717) is 24.9 Å². The second-order valence-corrected chi connectivity index (χ2v) is 6.09. The van der Waals surface area contributed by atoms with E-state index in [4.69, 9.17) is 14.3 Å². The molecule has 8 heteroatoms. The van der Waals surface area contributed by atoms with Gasteiger partial charge in [-0.05, 0) is 40.0 Å². The molecule has 2 rings (SSSR count). The number of aromatic nitrogens is 2. The molecule has 0 radical (unpaired) electrons. The number of aliphatic imine (C=N–C) groups is 1. The van der Waals surface area contributed by atoms with E-state index in [1.54, 1.807) is 0 Å². The lowest BCUT2D eigenvalue weighted by atomic mass is 9.97.